The summed E-state index contributed by atoms with van der Waals surface area (Å²) in [5.41, 5.74) is 1.03. The number of fused-ring (bicyclic) bond motifs is 1. The zero-order valence-corrected chi connectivity index (χ0v) is 16.4. The SMILES string of the molecule is CCCN(CCC)C(=O)c1nc(C(=O)NC2CCCCC2)c2ccccn12. The number of aromatic nitrogens is 2. The van der Waals surface area contributed by atoms with Gasteiger partial charge in [0.25, 0.3) is 11.8 Å². The van der Waals surface area contributed by atoms with Gasteiger partial charge < -0.3 is 10.2 Å². The average molecular weight is 370 g/mol. The highest BCUT2D eigenvalue weighted by Gasteiger charge is 2.26. The number of rotatable bonds is 7. The van der Waals surface area contributed by atoms with Gasteiger partial charge in [-0.3, -0.25) is 14.0 Å². The van der Waals surface area contributed by atoms with Crippen molar-refractivity contribution in [3.63, 3.8) is 0 Å². The van der Waals surface area contributed by atoms with Crippen LogP contribution in [0.5, 0.6) is 0 Å². The van der Waals surface area contributed by atoms with E-state index in [1.807, 2.05) is 29.3 Å². The van der Waals surface area contributed by atoms with Crippen molar-refractivity contribution in [2.24, 2.45) is 0 Å². The van der Waals surface area contributed by atoms with Crippen LogP contribution in [-0.4, -0.2) is 45.2 Å². The number of pyridine rings is 1. The molecule has 27 heavy (non-hydrogen) atoms. The van der Waals surface area contributed by atoms with Crippen molar-refractivity contribution in [3.8, 4) is 0 Å². The average Bonchev–Trinajstić information content (AvgIpc) is 3.08. The molecule has 0 aromatic carbocycles. The summed E-state index contributed by atoms with van der Waals surface area (Å²) in [4.78, 5) is 32.3. The number of amides is 2. The Morgan fingerprint density at radius 2 is 1.85 bits per heavy atom. The van der Waals surface area contributed by atoms with E-state index in [9.17, 15) is 9.59 Å². The van der Waals surface area contributed by atoms with Crippen LogP contribution in [0.2, 0.25) is 0 Å². The molecule has 0 unspecified atom stereocenters. The Hall–Kier alpha value is -2.37. The van der Waals surface area contributed by atoms with Crippen LogP contribution in [-0.2, 0) is 0 Å². The molecule has 6 heteroatoms. The fraction of sp³-hybridized carbons (Fsp3) is 0.571. The van der Waals surface area contributed by atoms with E-state index in [0.29, 0.717) is 30.1 Å². The molecule has 1 saturated carbocycles. The summed E-state index contributed by atoms with van der Waals surface area (Å²) >= 11 is 0. The van der Waals surface area contributed by atoms with Crippen LogP contribution in [0, 0.1) is 0 Å². The maximum atomic E-state index is 13.1. The molecule has 2 aromatic rings. The van der Waals surface area contributed by atoms with Gasteiger partial charge in [-0.1, -0.05) is 39.2 Å². The van der Waals surface area contributed by atoms with Gasteiger partial charge in [0.2, 0.25) is 5.82 Å². The van der Waals surface area contributed by atoms with Gasteiger partial charge >= 0.3 is 0 Å². The van der Waals surface area contributed by atoms with Crippen molar-refractivity contribution in [2.75, 3.05) is 13.1 Å². The van der Waals surface area contributed by atoms with Crippen molar-refractivity contribution < 1.29 is 9.59 Å². The summed E-state index contributed by atoms with van der Waals surface area (Å²) in [6.45, 7) is 5.50. The second-order valence-corrected chi connectivity index (χ2v) is 7.34. The van der Waals surface area contributed by atoms with Crippen molar-refractivity contribution in [1.29, 1.82) is 0 Å². The minimum Gasteiger partial charge on any atom is -0.348 e. The highest BCUT2D eigenvalue weighted by Crippen LogP contribution is 2.20. The van der Waals surface area contributed by atoms with Crippen molar-refractivity contribution in [2.45, 2.75) is 64.8 Å². The lowest BCUT2D eigenvalue weighted by atomic mass is 9.95. The van der Waals surface area contributed by atoms with Crippen LogP contribution in [0.25, 0.3) is 5.52 Å². The van der Waals surface area contributed by atoms with Gasteiger partial charge in [-0.25, -0.2) is 4.98 Å². The zero-order chi connectivity index (χ0) is 19.2. The second kappa shape index (κ2) is 9.02. The maximum absolute atomic E-state index is 13.1. The highest BCUT2D eigenvalue weighted by molar-refractivity contribution is 6.02. The molecule has 0 spiro atoms. The molecular weight excluding hydrogens is 340 g/mol. The number of hydrogen-bond donors (Lipinski definition) is 1. The summed E-state index contributed by atoms with van der Waals surface area (Å²) in [5.74, 6) is 0.0279. The maximum Gasteiger partial charge on any atom is 0.290 e. The Morgan fingerprint density at radius 3 is 2.52 bits per heavy atom. The smallest absolute Gasteiger partial charge is 0.290 e. The van der Waals surface area contributed by atoms with Crippen LogP contribution in [0.4, 0.5) is 0 Å². The summed E-state index contributed by atoms with van der Waals surface area (Å²) < 4.78 is 1.75. The molecule has 0 aliphatic heterocycles. The minimum absolute atomic E-state index is 0.114. The van der Waals surface area contributed by atoms with E-state index < -0.39 is 0 Å². The standard InChI is InChI=1S/C21H30N4O2/c1-3-13-24(14-4-2)21(27)19-23-18(17-12-8-9-15-25(17)19)20(26)22-16-10-6-5-7-11-16/h8-9,12,15-16H,3-7,10-11,13-14H2,1-2H3,(H,22,26). The monoisotopic (exact) mass is 370 g/mol. The lowest BCUT2D eigenvalue weighted by Crippen LogP contribution is -2.36. The van der Waals surface area contributed by atoms with Gasteiger partial charge in [0, 0.05) is 25.3 Å². The Morgan fingerprint density at radius 1 is 1.15 bits per heavy atom. The first kappa shape index (κ1) is 19.4. The predicted molar refractivity (Wildman–Crippen MR) is 106 cm³/mol. The molecule has 3 rings (SSSR count). The van der Waals surface area contributed by atoms with Crippen molar-refractivity contribution in [3.05, 3.63) is 35.9 Å². The van der Waals surface area contributed by atoms with E-state index in [2.05, 4.69) is 24.1 Å². The van der Waals surface area contributed by atoms with Gasteiger partial charge in [-0.15, -0.1) is 0 Å². The Labute approximate surface area is 161 Å². The van der Waals surface area contributed by atoms with E-state index in [4.69, 9.17) is 0 Å². The third-order valence-corrected chi connectivity index (χ3v) is 5.17. The molecule has 1 aliphatic rings. The largest absolute Gasteiger partial charge is 0.348 e. The third-order valence-electron chi connectivity index (χ3n) is 5.17. The van der Waals surface area contributed by atoms with Crippen LogP contribution in [0.3, 0.4) is 0 Å². The van der Waals surface area contributed by atoms with Crippen molar-refractivity contribution in [1.82, 2.24) is 19.6 Å². The van der Waals surface area contributed by atoms with Crippen LogP contribution in [0.15, 0.2) is 24.4 Å². The Bertz CT molecular complexity index is 787. The van der Waals surface area contributed by atoms with Gasteiger partial charge in [-0.05, 0) is 37.8 Å². The summed E-state index contributed by atoms with van der Waals surface area (Å²) in [7, 11) is 0. The first-order valence-corrected chi connectivity index (χ1v) is 10.2. The van der Waals surface area contributed by atoms with Gasteiger partial charge in [0.05, 0.1) is 5.52 Å². The number of carbonyl (C=O) groups is 2. The van der Waals surface area contributed by atoms with Crippen LogP contribution < -0.4 is 5.32 Å². The number of carbonyl (C=O) groups excluding carboxylic acids is 2. The van der Waals surface area contributed by atoms with E-state index in [-0.39, 0.29) is 17.9 Å². The molecule has 0 saturated heterocycles. The zero-order valence-electron chi connectivity index (χ0n) is 16.4. The lowest BCUT2D eigenvalue weighted by molar-refractivity contribution is 0.0742. The molecule has 6 nitrogen and oxygen atoms in total. The first-order valence-electron chi connectivity index (χ1n) is 10.2. The normalized spacial score (nSPS) is 15.0. The Kier molecular flexibility index (Phi) is 6.48. The second-order valence-electron chi connectivity index (χ2n) is 7.34. The van der Waals surface area contributed by atoms with E-state index in [1.54, 1.807) is 4.40 Å². The summed E-state index contributed by atoms with van der Waals surface area (Å²) in [6.07, 6.45) is 9.18. The molecule has 2 amide bonds. The molecule has 0 atom stereocenters. The first-order chi connectivity index (χ1) is 13.2. The number of hydrogen-bond acceptors (Lipinski definition) is 3. The summed E-state index contributed by atoms with van der Waals surface area (Å²) in [5, 5.41) is 3.12. The van der Waals surface area contributed by atoms with Gasteiger partial charge in [0.1, 0.15) is 0 Å². The predicted octanol–water partition coefficient (Wildman–Crippen LogP) is 3.66. The van der Waals surface area contributed by atoms with Gasteiger partial charge in [-0.2, -0.15) is 0 Å². The van der Waals surface area contributed by atoms with Crippen molar-refractivity contribution >= 4 is 17.3 Å². The van der Waals surface area contributed by atoms with E-state index >= 15 is 0 Å². The molecular formula is C21H30N4O2. The molecule has 0 radical (unpaired) electrons. The lowest BCUT2D eigenvalue weighted by Gasteiger charge is -2.22. The number of imidazole rings is 1. The molecule has 1 fully saturated rings. The quantitative estimate of drug-likeness (QED) is 0.809. The highest BCUT2D eigenvalue weighted by atomic mass is 16.2. The van der Waals surface area contributed by atoms with Crippen LogP contribution in [0.1, 0.15) is 79.9 Å². The molecule has 2 aromatic heterocycles. The van der Waals surface area contributed by atoms with E-state index in [0.717, 1.165) is 38.5 Å². The molecule has 0 bridgehead atoms. The number of nitrogens with one attached hydrogen (secondary N) is 1. The fourth-order valence-electron chi connectivity index (χ4n) is 3.85. The fourth-order valence-corrected chi connectivity index (χ4v) is 3.85. The topological polar surface area (TPSA) is 66.7 Å². The Balaban J connectivity index is 1.90. The molecule has 1 aliphatic carbocycles. The van der Waals surface area contributed by atoms with Gasteiger partial charge in [0.15, 0.2) is 5.69 Å². The molecule has 1 N–H and O–H groups in total. The third kappa shape index (κ3) is 4.31. The molecule has 146 valence electrons. The van der Waals surface area contributed by atoms with Crippen LogP contribution >= 0.6 is 0 Å². The number of nitrogens with zero attached hydrogens (tertiary/aromatic N) is 3. The van der Waals surface area contributed by atoms with E-state index in [1.165, 1.54) is 6.42 Å². The minimum atomic E-state index is -0.179. The summed E-state index contributed by atoms with van der Waals surface area (Å²) in [6, 6.07) is 5.79. The molecule has 2 heterocycles.